The summed E-state index contributed by atoms with van der Waals surface area (Å²) in [4.78, 5) is 45.8. The molecular formula is C22H16N4O5. The number of carbonyl (C=O) groups excluding carboxylic acids is 2. The maximum atomic E-state index is 12.9. The van der Waals surface area contributed by atoms with E-state index in [0.717, 1.165) is 6.07 Å². The third kappa shape index (κ3) is 3.76. The van der Waals surface area contributed by atoms with E-state index in [0.29, 0.717) is 11.1 Å². The first kappa shape index (κ1) is 19.9. The fourth-order valence-electron chi connectivity index (χ4n) is 3.54. The van der Waals surface area contributed by atoms with Crippen molar-refractivity contribution in [3.05, 3.63) is 106 Å². The molecule has 9 heteroatoms. The number of ketones is 1. The number of aliphatic hydroxyl groups excluding tert-OH is 1. The van der Waals surface area contributed by atoms with Crippen molar-refractivity contribution in [1.29, 1.82) is 0 Å². The van der Waals surface area contributed by atoms with Gasteiger partial charge in [0.2, 0.25) is 0 Å². The summed E-state index contributed by atoms with van der Waals surface area (Å²) < 4.78 is 0. The van der Waals surface area contributed by atoms with Crippen molar-refractivity contribution in [3.8, 4) is 0 Å². The van der Waals surface area contributed by atoms with Crippen LogP contribution in [0, 0.1) is 10.1 Å². The number of non-ortho nitro benzene ring substituents is 1. The second-order valence-corrected chi connectivity index (χ2v) is 6.88. The van der Waals surface area contributed by atoms with Gasteiger partial charge in [0.15, 0.2) is 0 Å². The van der Waals surface area contributed by atoms with Crippen LogP contribution in [0.2, 0.25) is 0 Å². The molecule has 0 bridgehead atoms. The van der Waals surface area contributed by atoms with E-state index in [1.165, 1.54) is 29.3 Å². The van der Waals surface area contributed by atoms with Gasteiger partial charge in [-0.1, -0.05) is 24.3 Å². The van der Waals surface area contributed by atoms with Gasteiger partial charge in [-0.15, -0.1) is 0 Å². The van der Waals surface area contributed by atoms with Crippen LogP contribution in [0.1, 0.15) is 22.7 Å². The molecule has 1 atom stereocenters. The maximum Gasteiger partial charge on any atom is 0.295 e. The first-order valence-corrected chi connectivity index (χ1v) is 9.29. The highest BCUT2D eigenvalue weighted by Crippen LogP contribution is 2.40. The molecule has 0 aliphatic carbocycles. The lowest BCUT2D eigenvalue weighted by molar-refractivity contribution is -0.384. The Morgan fingerprint density at radius 2 is 1.81 bits per heavy atom. The molecule has 3 aromatic rings. The van der Waals surface area contributed by atoms with Crippen molar-refractivity contribution >= 4 is 23.1 Å². The molecular weight excluding hydrogens is 400 g/mol. The predicted octanol–water partition coefficient (Wildman–Crippen LogP) is 3.01. The minimum absolute atomic E-state index is 0.0717. The lowest BCUT2D eigenvalue weighted by atomic mass is 9.96. The normalized spacial score (nSPS) is 17.7. The number of nitrogens with zero attached hydrogens (tertiary/aromatic N) is 4. The van der Waals surface area contributed by atoms with Gasteiger partial charge in [0, 0.05) is 49.0 Å². The van der Waals surface area contributed by atoms with E-state index >= 15 is 0 Å². The highest BCUT2D eigenvalue weighted by molar-refractivity contribution is 6.46. The van der Waals surface area contributed by atoms with Gasteiger partial charge in [0.1, 0.15) is 5.76 Å². The first-order chi connectivity index (χ1) is 15.0. The van der Waals surface area contributed by atoms with Gasteiger partial charge in [0.05, 0.1) is 16.5 Å². The Bertz CT molecular complexity index is 1190. The summed E-state index contributed by atoms with van der Waals surface area (Å²) >= 11 is 0. The van der Waals surface area contributed by atoms with Crippen LogP contribution >= 0.6 is 0 Å². The third-order valence-corrected chi connectivity index (χ3v) is 4.95. The van der Waals surface area contributed by atoms with Crippen LogP contribution < -0.4 is 0 Å². The molecule has 9 nitrogen and oxygen atoms in total. The van der Waals surface area contributed by atoms with Gasteiger partial charge >= 0.3 is 0 Å². The summed E-state index contributed by atoms with van der Waals surface area (Å²) in [5.41, 5.74) is 0.905. The molecule has 1 aliphatic rings. The molecule has 1 saturated heterocycles. The number of rotatable bonds is 5. The van der Waals surface area contributed by atoms with Gasteiger partial charge < -0.3 is 10.0 Å². The van der Waals surface area contributed by atoms with E-state index in [-0.39, 0.29) is 23.4 Å². The average Bonchev–Trinajstić information content (AvgIpc) is 3.05. The molecule has 154 valence electrons. The predicted molar refractivity (Wildman–Crippen MR) is 109 cm³/mol. The monoisotopic (exact) mass is 416 g/mol. The summed E-state index contributed by atoms with van der Waals surface area (Å²) in [5, 5.41) is 22.1. The Kier molecular flexibility index (Phi) is 5.23. The van der Waals surface area contributed by atoms with Crippen molar-refractivity contribution in [3.63, 3.8) is 0 Å². The highest BCUT2D eigenvalue weighted by Gasteiger charge is 2.46. The van der Waals surface area contributed by atoms with Gasteiger partial charge in [-0.2, -0.15) is 0 Å². The van der Waals surface area contributed by atoms with E-state index in [9.17, 15) is 24.8 Å². The Balaban J connectivity index is 1.86. The number of amides is 1. The van der Waals surface area contributed by atoms with Crippen LogP contribution in [-0.4, -0.2) is 36.6 Å². The number of hydrogen-bond acceptors (Lipinski definition) is 7. The van der Waals surface area contributed by atoms with E-state index < -0.39 is 28.4 Å². The zero-order valence-electron chi connectivity index (χ0n) is 16.1. The summed E-state index contributed by atoms with van der Waals surface area (Å²) in [5.74, 6) is -2.14. The van der Waals surface area contributed by atoms with Crippen LogP contribution in [0.25, 0.3) is 5.76 Å². The molecule has 1 fully saturated rings. The number of Topliss-reactive ketones (excluding diaryl/α,β-unsaturated/α-hetero) is 1. The lowest BCUT2D eigenvalue weighted by Crippen LogP contribution is -2.29. The molecule has 4 rings (SSSR count). The number of nitro benzene ring substituents is 1. The van der Waals surface area contributed by atoms with Gasteiger partial charge in [-0.25, -0.2) is 0 Å². The summed E-state index contributed by atoms with van der Waals surface area (Å²) in [6.45, 7) is 0.0870. The van der Waals surface area contributed by atoms with Gasteiger partial charge in [-0.3, -0.25) is 29.7 Å². The van der Waals surface area contributed by atoms with Crippen LogP contribution in [0.5, 0.6) is 0 Å². The molecule has 1 aliphatic heterocycles. The Hall–Kier alpha value is -4.40. The van der Waals surface area contributed by atoms with Crippen LogP contribution in [0.4, 0.5) is 5.69 Å². The SMILES string of the molecule is O=C1C(=O)N(Cc2cccnc2)C(c2cccnc2)/C1=C(/O)c1cccc([N+](=O)[O-])c1. The maximum absolute atomic E-state index is 12.9. The summed E-state index contributed by atoms with van der Waals surface area (Å²) in [6.07, 6.45) is 6.24. The van der Waals surface area contributed by atoms with E-state index in [1.54, 1.807) is 42.9 Å². The molecule has 1 unspecified atom stereocenters. The fourth-order valence-corrected chi connectivity index (χ4v) is 3.54. The summed E-state index contributed by atoms with van der Waals surface area (Å²) in [6, 6.07) is 11.2. The minimum Gasteiger partial charge on any atom is -0.507 e. The topological polar surface area (TPSA) is 127 Å². The lowest BCUT2D eigenvalue weighted by Gasteiger charge is -2.25. The zero-order chi connectivity index (χ0) is 22.0. The molecule has 0 saturated carbocycles. The molecule has 1 N–H and O–H groups in total. The average molecular weight is 416 g/mol. The van der Waals surface area contributed by atoms with Crippen LogP contribution in [0.3, 0.4) is 0 Å². The molecule has 31 heavy (non-hydrogen) atoms. The van der Waals surface area contributed by atoms with Gasteiger partial charge in [0.25, 0.3) is 17.4 Å². The van der Waals surface area contributed by atoms with Gasteiger partial charge in [-0.05, 0) is 23.3 Å². The second-order valence-electron chi connectivity index (χ2n) is 6.88. The largest absolute Gasteiger partial charge is 0.507 e. The van der Waals surface area contributed by atoms with Crippen molar-refractivity contribution in [2.24, 2.45) is 0 Å². The first-order valence-electron chi connectivity index (χ1n) is 9.29. The number of aromatic nitrogens is 2. The zero-order valence-corrected chi connectivity index (χ0v) is 16.1. The van der Waals surface area contributed by atoms with Crippen LogP contribution in [0.15, 0.2) is 78.9 Å². The van der Waals surface area contributed by atoms with E-state index in [2.05, 4.69) is 9.97 Å². The number of hydrogen-bond donors (Lipinski definition) is 1. The number of nitro groups is 1. The third-order valence-electron chi connectivity index (χ3n) is 4.95. The number of aliphatic hydroxyl groups is 1. The summed E-state index contributed by atoms with van der Waals surface area (Å²) in [7, 11) is 0. The molecule has 0 spiro atoms. The van der Waals surface area contributed by atoms with E-state index in [4.69, 9.17) is 0 Å². The Morgan fingerprint density at radius 3 is 2.45 bits per heavy atom. The molecule has 1 aromatic carbocycles. The molecule has 2 aromatic heterocycles. The smallest absolute Gasteiger partial charge is 0.295 e. The van der Waals surface area contributed by atoms with Crippen molar-refractivity contribution in [2.75, 3.05) is 0 Å². The number of benzene rings is 1. The van der Waals surface area contributed by atoms with Crippen LogP contribution in [-0.2, 0) is 16.1 Å². The molecule has 3 heterocycles. The standard InChI is InChI=1S/C22H16N4O5/c27-20(15-5-1-7-17(10-15)26(30)31)18-19(16-6-3-9-24-12-16)25(22(29)21(18)28)13-14-4-2-8-23-11-14/h1-12,19,27H,13H2/b20-18-. The number of pyridine rings is 2. The second kappa shape index (κ2) is 8.15. The number of carbonyl (C=O) groups is 2. The van der Waals surface area contributed by atoms with Crippen molar-refractivity contribution in [2.45, 2.75) is 12.6 Å². The molecule has 1 amide bonds. The Morgan fingerprint density at radius 1 is 1.06 bits per heavy atom. The van der Waals surface area contributed by atoms with E-state index in [1.807, 2.05) is 0 Å². The van der Waals surface area contributed by atoms with Crippen molar-refractivity contribution < 1.29 is 19.6 Å². The Labute approximate surface area is 176 Å². The molecule has 0 radical (unpaired) electrons. The minimum atomic E-state index is -0.909. The highest BCUT2D eigenvalue weighted by atomic mass is 16.6. The number of likely N-dealkylation sites (tertiary alicyclic amines) is 1. The van der Waals surface area contributed by atoms with Crippen molar-refractivity contribution in [1.82, 2.24) is 14.9 Å². The quantitative estimate of drug-likeness (QED) is 0.223. The fraction of sp³-hybridized carbons (Fsp3) is 0.0909.